The Balaban J connectivity index is 1.76. The second-order valence-electron chi connectivity index (χ2n) is 10.8. The van der Waals surface area contributed by atoms with Crippen molar-refractivity contribution in [2.75, 3.05) is 13.1 Å². The Morgan fingerprint density at radius 3 is 1.93 bits per heavy atom. The van der Waals surface area contributed by atoms with Gasteiger partial charge in [0.25, 0.3) is 0 Å². The van der Waals surface area contributed by atoms with E-state index in [0.29, 0.717) is 19.3 Å². The standard InChI is InChI=1S/C33H42N4O5/c1-24(2)20-29(31(34)39)35-32(40)37(19-18-25-12-6-3-7-13-25)22-30(38)28(21-26-14-8-4-9-15-26)36-33(41)42-23-27-16-10-5-11-17-27/h3-17,24,28-30,38H,18-23H2,1-2H3,(H2,34,39)(H,35,40)(H,36,41)/t28-,29-,30+/m0/s1. The van der Waals surface area contributed by atoms with Crippen LogP contribution in [-0.2, 0) is 29.0 Å². The molecule has 9 nitrogen and oxygen atoms in total. The number of urea groups is 1. The van der Waals surface area contributed by atoms with Gasteiger partial charge in [0.2, 0.25) is 5.91 Å². The predicted molar refractivity (Wildman–Crippen MR) is 162 cm³/mol. The van der Waals surface area contributed by atoms with E-state index in [0.717, 1.165) is 16.7 Å². The van der Waals surface area contributed by atoms with Crippen LogP contribution in [0.25, 0.3) is 0 Å². The fraction of sp³-hybridized carbons (Fsp3) is 0.364. The summed E-state index contributed by atoms with van der Waals surface area (Å²) in [6.45, 7) is 4.14. The molecule has 0 spiro atoms. The number of aliphatic hydroxyl groups excluding tert-OH is 1. The zero-order chi connectivity index (χ0) is 30.3. The summed E-state index contributed by atoms with van der Waals surface area (Å²) in [5.74, 6) is -0.488. The van der Waals surface area contributed by atoms with E-state index >= 15 is 0 Å². The Morgan fingerprint density at radius 1 is 0.833 bits per heavy atom. The number of nitrogens with zero attached hydrogens (tertiary/aromatic N) is 1. The van der Waals surface area contributed by atoms with Crippen LogP contribution in [0.2, 0.25) is 0 Å². The fourth-order valence-corrected chi connectivity index (χ4v) is 4.56. The first-order valence-electron chi connectivity index (χ1n) is 14.3. The molecule has 224 valence electrons. The van der Waals surface area contributed by atoms with Crippen molar-refractivity contribution in [1.29, 1.82) is 0 Å². The van der Waals surface area contributed by atoms with Gasteiger partial charge < -0.3 is 31.1 Å². The highest BCUT2D eigenvalue weighted by Crippen LogP contribution is 2.12. The Labute approximate surface area is 248 Å². The molecule has 0 radical (unpaired) electrons. The van der Waals surface area contributed by atoms with Crippen molar-refractivity contribution < 1.29 is 24.2 Å². The quantitative estimate of drug-likeness (QED) is 0.217. The van der Waals surface area contributed by atoms with Gasteiger partial charge in [-0.1, -0.05) is 105 Å². The smallest absolute Gasteiger partial charge is 0.407 e. The molecule has 9 heteroatoms. The Bertz CT molecular complexity index is 1240. The van der Waals surface area contributed by atoms with Crippen molar-refractivity contribution in [1.82, 2.24) is 15.5 Å². The van der Waals surface area contributed by atoms with Crippen molar-refractivity contribution in [3.05, 3.63) is 108 Å². The molecular weight excluding hydrogens is 532 g/mol. The highest BCUT2D eigenvalue weighted by molar-refractivity contribution is 5.86. The number of rotatable bonds is 15. The number of carbonyl (C=O) groups excluding carboxylic acids is 3. The Hall–Kier alpha value is -4.37. The number of hydrogen-bond donors (Lipinski definition) is 4. The molecular formula is C33H42N4O5. The molecule has 0 saturated heterocycles. The number of nitrogens with one attached hydrogen (secondary N) is 2. The largest absolute Gasteiger partial charge is 0.445 e. The summed E-state index contributed by atoms with van der Waals surface area (Å²) in [6, 6.07) is 26.3. The molecule has 3 aromatic rings. The molecule has 3 rings (SSSR count). The van der Waals surface area contributed by atoms with Crippen LogP contribution in [-0.4, -0.2) is 59.3 Å². The van der Waals surface area contributed by atoms with E-state index < -0.39 is 36.2 Å². The lowest BCUT2D eigenvalue weighted by Crippen LogP contribution is -2.55. The van der Waals surface area contributed by atoms with Crippen LogP contribution in [0.3, 0.4) is 0 Å². The van der Waals surface area contributed by atoms with Crippen LogP contribution < -0.4 is 16.4 Å². The van der Waals surface area contributed by atoms with Crippen LogP contribution in [0.4, 0.5) is 9.59 Å². The highest BCUT2D eigenvalue weighted by Gasteiger charge is 2.29. The van der Waals surface area contributed by atoms with Crippen LogP contribution in [0.5, 0.6) is 0 Å². The summed E-state index contributed by atoms with van der Waals surface area (Å²) in [7, 11) is 0. The fourth-order valence-electron chi connectivity index (χ4n) is 4.56. The average molecular weight is 575 g/mol. The number of aliphatic hydroxyl groups is 1. The number of alkyl carbamates (subject to hydrolysis) is 1. The maximum atomic E-state index is 13.4. The monoisotopic (exact) mass is 574 g/mol. The molecule has 0 saturated carbocycles. The van der Waals surface area contributed by atoms with Gasteiger partial charge in [0.05, 0.1) is 18.7 Å². The van der Waals surface area contributed by atoms with Crippen molar-refractivity contribution in [3.63, 3.8) is 0 Å². The van der Waals surface area contributed by atoms with Crippen molar-refractivity contribution >= 4 is 18.0 Å². The lowest BCUT2D eigenvalue weighted by molar-refractivity contribution is -0.120. The predicted octanol–water partition coefficient (Wildman–Crippen LogP) is 4.04. The summed E-state index contributed by atoms with van der Waals surface area (Å²) < 4.78 is 5.41. The van der Waals surface area contributed by atoms with Gasteiger partial charge in [0.15, 0.2) is 0 Å². The van der Waals surface area contributed by atoms with E-state index in [1.54, 1.807) is 0 Å². The van der Waals surface area contributed by atoms with Crippen LogP contribution >= 0.6 is 0 Å². The molecule has 0 aliphatic rings. The third kappa shape index (κ3) is 11.2. The number of benzene rings is 3. The summed E-state index contributed by atoms with van der Waals surface area (Å²) in [5.41, 5.74) is 8.33. The third-order valence-electron chi connectivity index (χ3n) is 6.84. The van der Waals surface area contributed by atoms with Crippen LogP contribution in [0.15, 0.2) is 91.0 Å². The Kier molecular flexibility index (Phi) is 12.9. The molecule has 0 unspecified atom stereocenters. The van der Waals surface area contributed by atoms with E-state index in [1.807, 2.05) is 105 Å². The number of carbonyl (C=O) groups is 3. The molecule has 3 atom stereocenters. The van der Waals surface area contributed by atoms with Gasteiger partial charge in [-0.15, -0.1) is 0 Å². The molecule has 0 bridgehead atoms. The molecule has 5 N–H and O–H groups in total. The summed E-state index contributed by atoms with van der Waals surface area (Å²) >= 11 is 0. The molecule has 42 heavy (non-hydrogen) atoms. The molecule has 0 fully saturated rings. The average Bonchev–Trinajstić information content (AvgIpc) is 2.98. The van der Waals surface area contributed by atoms with Crippen molar-refractivity contribution in [2.45, 2.75) is 57.9 Å². The minimum absolute atomic E-state index is 0.0801. The maximum absolute atomic E-state index is 13.4. The van der Waals surface area contributed by atoms with Gasteiger partial charge in [-0.25, -0.2) is 9.59 Å². The SMILES string of the molecule is CC(C)C[C@H](NC(=O)N(CCc1ccccc1)C[C@@H](O)[C@H](Cc1ccccc1)NC(=O)OCc1ccccc1)C(N)=O. The van der Waals surface area contributed by atoms with E-state index in [1.165, 1.54) is 4.90 Å². The summed E-state index contributed by atoms with van der Waals surface area (Å²) in [5, 5.41) is 17.0. The molecule has 3 aromatic carbocycles. The zero-order valence-corrected chi connectivity index (χ0v) is 24.3. The summed E-state index contributed by atoms with van der Waals surface area (Å²) in [4.78, 5) is 39.8. The van der Waals surface area contributed by atoms with Gasteiger partial charge in [-0.3, -0.25) is 4.79 Å². The van der Waals surface area contributed by atoms with Gasteiger partial charge in [0.1, 0.15) is 12.6 Å². The van der Waals surface area contributed by atoms with E-state index in [9.17, 15) is 19.5 Å². The highest BCUT2D eigenvalue weighted by atomic mass is 16.5. The first kappa shape index (κ1) is 32.1. The lowest BCUT2D eigenvalue weighted by atomic mass is 10.0. The number of ether oxygens (including phenoxy) is 1. The third-order valence-corrected chi connectivity index (χ3v) is 6.84. The first-order valence-corrected chi connectivity index (χ1v) is 14.3. The molecule has 0 aliphatic carbocycles. The van der Waals surface area contributed by atoms with Crippen LogP contribution in [0.1, 0.15) is 37.0 Å². The second kappa shape index (κ2) is 16.8. The number of primary amides is 1. The van der Waals surface area contributed by atoms with Gasteiger partial charge in [0, 0.05) is 6.54 Å². The normalized spacial score (nSPS) is 13.0. The van der Waals surface area contributed by atoms with Gasteiger partial charge in [-0.05, 0) is 41.9 Å². The summed E-state index contributed by atoms with van der Waals surface area (Å²) in [6.07, 6.45) is -0.587. The number of hydrogen-bond acceptors (Lipinski definition) is 5. The van der Waals surface area contributed by atoms with Gasteiger partial charge >= 0.3 is 12.1 Å². The molecule has 0 heterocycles. The second-order valence-corrected chi connectivity index (χ2v) is 10.8. The van der Waals surface area contributed by atoms with E-state index in [2.05, 4.69) is 10.6 Å². The van der Waals surface area contributed by atoms with Gasteiger partial charge in [-0.2, -0.15) is 0 Å². The van der Waals surface area contributed by atoms with Crippen molar-refractivity contribution in [2.24, 2.45) is 11.7 Å². The zero-order valence-electron chi connectivity index (χ0n) is 24.3. The van der Waals surface area contributed by atoms with Crippen LogP contribution in [0, 0.1) is 5.92 Å². The minimum atomic E-state index is -1.15. The first-order chi connectivity index (χ1) is 20.2. The van der Waals surface area contributed by atoms with Crippen molar-refractivity contribution in [3.8, 4) is 0 Å². The van der Waals surface area contributed by atoms with E-state index in [-0.39, 0.29) is 25.6 Å². The number of amides is 4. The number of nitrogens with two attached hydrogens (primary N) is 1. The van der Waals surface area contributed by atoms with E-state index in [4.69, 9.17) is 10.5 Å². The lowest BCUT2D eigenvalue weighted by Gasteiger charge is -2.31. The Morgan fingerprint density at radius 2 is 1.38 bits per heavy atom. The minimum Gasteiger partial charge on any atom is -0.445 e. The molecule has 0 aliphatic heterocycles. The molecule has 0 aromatic heterocycles. The molecule has 4 amide bonds. The maximum Gasteiger partial charge on any atom is 0.407 e. The topological polar surface area (TPSA) is 134 Å².